The molecule has 0 saturated carbocycles. The predicted molar refractivity (Wildman–Crippen MR) is 85.3 cm³/mol. The van der Waals surface area contributed by atoms with Gasteiger partial charge in [0.2, 0.25) is 6.54 Å². The first-order valence-corrected chi connectivity index (χ1v) is 8.23. The van der Waals surface area contributed by atoms with Crippen LogP contribution >= 0.6 is 0 Å². The van der Waals surface area contributed by atoms with E-state index in [1.54, 1.807) is 0 Å². The van der Waals surface area contributed by atoms with Crippen molar-refractivity contribution in [1.82, 2.24) is 0 Å². The summed E-state index contributed by atoms with van der Waals surface area (Å²) in [5.41, 5.74) is 0. The molecule has 0 unspecified atom stereocenters. The van der Waals surface area contributed by atoms with Gasteiger partial charge in [0, 0.05) is 25.1 Å². The number of methoxy groups -OCH3 is 2. The van der Waals surface area contributed by atoms with Gasteiger partial charge in [-0.15, -0.1) is 0 Å². The summed E-state index contributed by atoms with van der Waals surface area (Å²) in [5.74, 6) is -0.937. The van der Waals surface area contributed by atoms with Gasteiger partial charge in [-0.1, -0.05) is 51.9 Å². The molecule has 6 nitrogen and oxygen atoms in total. The Kier molecular flexibility index (Phi) is 13.0. The number of rotatable bonds is 15. The molecule has 0 radical (unpaired) electrons. The maximum absolute atomic E-state index is 11.3. The average Bonchev–Trinajstić information content (AvgIpc) is 2.50. The summed E-state index contributed by atoms with van der Waals surface area (Å²) in [6.07, 6.45) is 8.84. The van der Waals surface area contributed by atoms with E-state index in [0.717, 1.165) is 25.5 Å². The Labute approximate surface area is 133 Å². The van der Waals surface area contributed by atoms with Gasteiger partial charge in [-0.25, -0.2) is 0 Å². The second-order valence-electron chi connectivity index (χ2n) is 5.73. The first-order valence-electron chi connectivity index (χ1n) is 8.23. The van der Waals surface area contributed by atoms with Crippen LogP contribution in [0.4, 0.5) is 0 Å². The fourth-order valence-corrected chi connectivity index (χ4v) is 2.76. The molecule has 0 aromatic rings. The van der Waals surface area contributed by atoms with Crippen molar-refractivity contribution in [2.24, 2.45) is 11.8 Å². The molecule has 6 heteroatoms. The topological polar surface area (TPSA) is 78.7 Å². The van der Waals surface area contributed by atoms with Crippen LogP contribution in [0.5, 0.6) is 0 Å². The number of hydrogen-bond donors (Lipinski definition) is 0. The van der Waals surface area contributed by atoms with Crippen molar-refractivity contribution in [3.8, 4) is 0 Å². The number of nitro groups is 1. The Bertz CT molecular complexity index is 294. The lowest BCUT2D eigenvalue weighted by Gasteiger charge is -2.26. The van der Waals surface area contributed by atoms with Gasteiger partial charge in [0.05, 0.1) is 5.92 Å². The third-order valence-electron chi connectivity index (χ3n) is 4.04. The number of carbonyl (C=O) groups excluding carboxylic acids is 1. The Morgan fingerprint density at radius 2 is 1.59 bits per heavy atom. The van der Waals surface area contributed by atoms with Crippen LogP contribution in [-0.4, -0.2) is 38.3 Å². The molecule has 0 heterocycles. The Hall–Kier alpha value is -1.01. The zero-order valence-electron chi connectivity index (χ0n) is 14.2. The van der Waals surface area contributed by atoms with Crippen molar-refractivity contribution >= 4 is 6.29 Å². The number of ether oxygens (including phenoxy) is 2. The molecular weight excluding hydrogens is 286 g/mol. The minimum absolute atomic E-state index is 0.313. The van der Waals surface area contributed by atoms with Crippen LogP contribution in [-0.2, 0) is 14.3 Å². The molecule has 22 heavy (non-hydrogen) atoms. The van der Waals surface area contributed by atoms with Crippen molar-refractivity contribution in [1.29, 1.82) is 0 Å². The van der Waals surface area contributed by atoms with Crippen molar-refractivity contribution in [2.75, 3.05) is 20.8 Å². The molecule has 0 aliphatic rings. The van der Waals surface area contributed by atoms with Crippen LogP contribution in [0.2, 0.25) is 0 Å². The molecule has 0 aliphatic carbocycles. The number of hydrogen-bond acceptors (Lipinski definition) is 5. The van der Waals surface area contributed by atoms with E-state index >= 15 is 0 Å². The van der Waals surface area contributed by atoms with E-state index in [2.05, 4.69) is 6.92 Å². The van der Waals surface area contributed by atoms with Crippen LogP contribution in [0.15, 0.2) is 0 Å². The molecule has 0 aliphatic heterocycles. The molecule has 0 N–H and O–H groups in total. The average molecular weight is 317 g/mol. The van der Waals surface area contributed by atoms with Crippen molar-refractivity contribution in [3.63, 3.8) is 0 Å². The van der Waals surface area contributed by atoms with E-state index in [9.17, 15) is 14.9 Å². The molecule has 0 spiro atoms. The number of nitrogens with zero attached hydrogens (tertiary/aromatic N) is 1. The van der Waals surface area contributed by atoms with Crippen LogP contribution < -0.4 is 0 Å². The first kappa shape index (κ1) is 21.0. The molecule has 0 aromatic heterocycles. The SMILES string of the molecule is CCCCCCCCC[C@@H](C=O)[C@H](C[N+](=O)[O-])C(OC)OC. The van der Waals surface area contributed by atoms with Gasteiger partial charge in [-0.3, -0.25) is 10.1 Å². The van der Waals surface area contributed by atoms with E-state index in [1.165, 1.54) is 39.9 Å². The minimum Gasteiger partial charge on any atom is -0.355 e. The molecule has 0 amide bonds. The molecule has 0 fully saturated rings. The maximum Gasteiger partial charge on any atom is 0.212 e. The van der Waals surface area contributed by atoms with Crippen LogP contribution in [0.1, 0.15) is 58.3 Å². The second kappa shape index (κ2) is 13.6. The monoisotopic (exact) mass is 317 g/mol. The molecule has 130 valence electrons. The quantitative estimate of drug-likeness (QED) is 0.152. The van der Waals surface area contributed by atoms with Gasteiger partial charge in [0.25, 0.3) is 0 Å². The smallest absolute Gasteiger partial charge is 0.212 e. The Balaban J connectivity index is 4.29. The normalized spacial score (nSPS) is 14.0. The third-order valence-corrected chi connectivity index (χ3v) is 4.04. The maximum atomic E-state index is 11.3. The lowest BCUT2D eigenvalue weighted by molar-refractivity contribution is -0.495. The Morgan fingerprint density at radius 3 is 2.05 bits per heavy atom. The predicted octanol–water partition coefficient (Wildman–Crippen LogP) is 3.45. The van der Waals surface area contributed by atoms with Gasteiger partial charge >= 0.3 is 0 Å². The number of carbonyl (C=O) groups is 1. The molecule has 0 aromatic carbocycles. The standard InChI is InChI=1S/C16H31NO5/c1-4-5-6-7-8-9-10-11-14(13-18)15(12-17(19)20)16(21-2)22-3/h13-16H,4-12H2,1-3H3/t14-,15-/m0/s1. The molecule has 0 bridgehead atoms. The molecular formula is C16H31NO5. The zero-order chi connectivity index (χ0) is 16.8. The van der Waals surface area contributed by atoms with Crippen LogP contribution in [0.3, 0.4) is 0 Å². The molecule has 0 saturated heterocycles. The van der Waals surface area contributed by atoms with E-state index in [1.807, 2.05) is 0 Å². The summed E-state index contributed by atoms with van der Waals surface area (Å²) < 4.78 is 10.3. The van der Waals surface area contributed by atoms with E-state index in [0.29, 0.717) is 6.42 Å². The summed E-state index contributed by atoms with van der Waals surface area (Å²) >= 11 is 0. The highest BCUT2D eigenvalue weighted by Crippen LogP contribution is 2.24. The van der Waals surface area contributed by atoms with Crippen molar-refractivity contribution in [3.05, 3.63) is 10.1 Å². The highest BCUT2D eigenvalue weighted by molar-refractivity contribution is 5.54. The summed E-state index contributed by atoms with van der Waals surface area (Å²) in [6, 6.07) is 0. The largest absolute Gasteiger partial charge is 0.355 e. The van der Waals surface area contributed by atoms with Crippen LogP contribution in [0, 0.1) is 22.0 Å². The Morgan fingerprint density at radius 1 is 1.05 bits per heavy atom. The van der Waals surface area contributed by atoms with Gasteiger partial charge in [-0.2, -0.15) is 0 Å². The summed E-state index contributed by atoms with van der Waals surface area (Å²) in [6.45, 7) is 1.87. The fourth-order valence-electron chi connectivity index (χ4n) is 2.76. The highest BCUT2D eigenvalue weighted by atomic mass is 16.7. The van der Waals surface area contributed by atoms with E-state index < -0.39 is 23.0 Å². The second-order valence-corrected chi connectivity index (χ2v) is 5.73. The van der Waals surface area contributed by atoms with Crippen molar-refractivity contribution < 1.29 is 19.2 Å². The first-order chi connectivity index (χ1) is 10.6. The van der Waals surface area contributed by atoms with E-state index in [4.69, 9.17) is 9.47 Å². The van der Waals surface area contributed by atoms with E-state index in [-0.39, 0.29) is 6.54 Å². The number of unbranched alkanes of at least 4 members (excludes halogenated alkanes) is 6. The zero-order valence-corrected chi connectivity index (χ0v) is 14.2. The van der Waals surface area contributed by atoms with Gasteiger partial charge in [-0.05, 0) is 6.42 Å². The van der Waals surface area contributed by atoms with Gasteiger partial charge in [0.1, 0.15) is 6.29 Å². The fraction of sp³-hybridized carbons (Fsp3) is 0.938. The molecule has 0 rings (SSSR count). The summed E-state index contributed by atoms with van der Waals surface area (Å²) in [5, 5.41) is 10.8. The van der Waals surface area contributed by atoms with Crippen molar-refractivity contribution in [2.45, 2.75) is 64.6 Å². The summed E-state index contributed by atoms with van der Waals surface area (Å²) in [7, 11) is 2.88. The number of aldehydes is 1. The van der Waals surface area contributed by atoms with Gasteiger partial charge < -0.3 is 14.3 Å². The highest BCUT2D eigenvalue weighted by Gasteiger charge is 2.33. The van der Waals surface area contributed by atoms with Crippen LogP contribution in [0.25, 0.3) is 0 Å². The minimum atomic E-state index is -0.717. The van der Waals surface area contributed by atoms with Gasteiger partial charge in [0.15, 0.2) is 6.29 Å². The third kappa shape index (κ3) is 9.10. The lowest BCUT2D eigenvalue weighted by atomic mass is 9.88. The lowest BCUT2D eigenvalue weighted by Crippen LogP contribution is -2.37. The molecule has 2 atom stereocenters. The summed E-state index contributed by atoms with van der Waals surface area (Å²) in [4.78, 5) is 21.8.